The Labute approximate surface area is 143 Å². The largest absolute Gasteiger partial charge is 0.481 e. The molecule has 3 rings (SSSR count). The summed E-state index contributed by atoms with van der Waals surface area (Å²) in [7, 11) is 0. The van der Waals surface area contributed by atoms with Crippen molar-refractivity contribution in [1.29, 1.82) is 0 Å². The van der Waals surface area contributed by atoms with Gasteiger partial charge in [0.25, 0.3) is 5.91 Å². The molecule has 1 aromatic carbocycles. The summed E-state index contributed by atoms with van der Waals surface area (Å²) < 4.78 is 0. The highest BCUT2D eigenvalue weighted by molar-refractivity contribution is 7.98. The maximum absolute atomic E-state index is 12.8. The van der Waals surface area contributed by atoms with E-state index in [1.807, 2.05) is 48.0 Å². The second-order valence-electron chi connectivity index (χ2n) is 5.49. The number of amides is 1. The second kappa shape index (κ2) is 6.76. The molecular formula is C17H17NO3S2. The number of thiophene rings is 1. The third-order valence-corrected chi connectivity index (χ3v) is 6.01. The van der Waals surface area contributed by atoms with Crippen molar-refractivity contribution in [2.45, 2.75) is 10.8 Å². The molecule has 0 unspecified atom stereocenters. The molecule has 2 atom stereocenters. The van der Waals surface area contributed by atoms with Gasteiger partial charge in [-0.15, -0.1) is 23.1 Å². The SMILES string of the molecule is CSc1ccsc1C(=O)N1C[C@H](C(=O)O)[C@H](c2ccccc2)C1. The number of nitrogens with zero attached hydrogens (tertiary/aromatic N) is 1. The Morgan fingerprint density at radius 3 is 2.61 bits per heavy atom. The molecule has 4 nitrogen and oxygen atoms in total. The fourth-order valence-electron chi connectivity index (χ4n) is 3.02. The summed E-state index contributed by atoms with van der Waals surface area (Å²) in [6.45, 7) is 0.713. The quantitative estimate of drug-likeness (QED) is 0.861. The number of aliphatic carboxylic acids is 1. The monoisotopic (exact) mass is 347 g/mol. The molecule has 6 heteroatoms. The van der Waals surface area contributed by atoms with Gasteiger partial charge in [-0.05, 0) is 23.3 Å². The van der Waals surface area contributed by atoms with Crippen molar-refractivity contribution in [1.82, 2.24) is 4.90 Å². The zero-order valence-electron chi connectivity index (χ0n) is 12.6. The van der Waals surface area contributed by atoms with Crippen molar-refractivity contribution >= 4 is 35.0 Å². The first-order valence-corrected chi connectivity index (χ1v) is 9.40. The fraction of sp³-hybridized carbons (Fsp3) is 0.294. The van der Waals surface area contributed by atoms with E-state index in [0.29, 0.717) is 11.4 Å². The van der Waals surface area contributed by atoms with Crippen LogP contribution in [0.15, 0.2) is 46.7 Å². The molecule has 2 heterocycles. The molecule has 1 saturated heterocycles. The normalized spacial score (nSPS) is 20.7. The summed E-state index contributed by atoms with van der Waals surface area (Å²) in [4.78, 5) is 27.7. The minimum absolute atomic E-state index is 0.0611. The molecule has 1 amide bonds. The standard InChI is InChI=1S/C17H17NO3S2/c1-22-14-7-8-23-15(14)16(19)18-9-12(13(10-18)17(20)21)11-5-3-2-4-6-11/h2-8,12-13H,9-10H2,1H3,(H,20,21)/t12-,13-/m0/s1. The van der Waals surface area contributed by atoms with Gasteiger partial charge in [-0.1, -0.05) is 30.3 Å². The van der Waals surface area contributed by atoms with E-state index in [9.17, 15) is 14.7 Å². The lowest BCUT2D eigenvalue weighted by atomic mass is 9.89. The van der Waals surface area contributed by atoms with Gasteiger partial charge in [-0.2, -0.15) is 0 Å². The van der Waals surface area contributed by atoms with E-state index >= 15 is 0 Å². The van der Waals surface area contributed by atoms with Gasteiger partial charge >= 0.3 is 5.97 Å². The van der Waals surface area contributed by atoms with Crippen LogP contribution in [0.2, 0.25) is 0 Å². The first kappa shape index (κ1) is 16.1. The van der Waals surface area contributed by atoms with Crippen LogP contribution in [-0.2, 0) is 4.79 Å². The summed E-state index contributed by atoms with van der Waals surface area (Å²) in [5.41, 5.74) is 0.978. The molecule has 0 bridgehead atoms. The molecule has 1 aliphatic rings. The Morgan fingerprint density at radius 1 is 1.22 bits per heavy atom. The molecule has 120 valence electrons. The van der Waals surface area contributed by atoms with Crippen molar-refractivity contribution in [2.75, 3.05) is 19.3 Å². The van der Waals surface area contributed by atoms with E-state index in [4.69, 9.17) is 0 Å². The van der Waals surface area contributed by atoms with E-state index in [2.05, 4.69) is 0 Å². The molecule has 0 aliphatic carbocycles. The average molecular weight is 347 g/mol. The third kappa shape index (κ3) is 3.14. The van der Waals surface area contributed by atoms with Crippen LogP contribution in [0, 0.1) is 5.92 Å². The summed E-state index contributed by atoms with van der Waals surface area (Å²) in [6.07, 6.45) is 1.94. The zero-order chi connectivity index (χ0) is 16.4. The van der Waals surface area contributed by atoms with Gasteiger partial charge in [0.2, 0.25) is 0 Å². The van der Waals surface area contributed by atoms with Crippen LogP contribution >= 0.6 is 23.1 Å². The molecule has 0 radical (unpaired) electrons. The van der Waals surface area contributed by atoms with Crippen molar-refractivity contribution in [3.05, 3.63) is 52.2 Å². The highest BCUT2D eigenvalue weighted by Crippen LogP contribution is 2.35. The number of carboxylic acid groups (broad SMARTS) is 1. The van der Waals surface area contributed by atoms with Crippen LogP contribution in [-0.4, -0.2) is 41.2 Å². The topological polar surface area (TPSA) is 57.6 Å². The zero-order valence-corrected chi connectivity index (χ0v) is 14.3. The van der Waals surface area contributed by atoms with Crippen molar-refractivity contribution in [2.24, 2.45) is 5.92 Å². The maximum atomic E-state index is 12.8. The Balaban J connectivity index is 1.86. The lowest BCUT2D eigenvalue weighted by molar-refractivity contribution is -0.141. The third-order valence-electron chi connectivity index (χ3n) is 4.20. The van der Waals surface area contributed by atoms with Crippen molar-refractivity contribution in [3.63, 3.8) is 0 Å². The molecule has 1 aliphatic heterocycles. The van der Waals surface area contributed by atoms with Gasteiger partial charge in [0.05, 0.1) is 5.92 Å². The number of rotatable bonds is 4. The summed E-state index contributed by atoms with van der Waals surface area (Å²) in [5.74, 6) is -1.62. The van der Waals surface area contributed by atoms with Gasteiger partial charge < -0.3 is 10.0 Å². The first-order valence-electron chi connectivity index (χ1n) is 7.30. The van der Waals surface area contributed by atoms with Crippen molar-refractivity contribution < 1.29 is 14.7 Å². The van der Waals surface area contributed by atoms with Gasteiger partial charge in [0.15, 0.2) is 0 Å². The van der Waals surface area contributed by atoms with E-state index < -0.39 is 11.9 Å². The van der Waals surface area contributed by atoms with Crippen LogP contribution in [0.1, 0.15) is 21.2 Å². The highest BCUT2D eigenvalue weighted by atomic mass is 32.2. The maximum Gasteiger partial charge on any atom is 0.308 e. The molecule has 0 saturated carbocycles. The predicted molar refractivity (Wildman–Crippen MR) is 92.3 cm³/mol. The lowest BCUT2D eigenvalue weighted by Crippen LogP contribution is -2.29. The number of likely N-dealkylation sites (tertiary alicyclic amines) is 1. The number of carbonyl (C=O) groups is 2. The number of carbonyl (C=O) groups excluding carboxylic acids is 1. The summed E-state index contributed by atoms with van der Waals surface area (Å²) in [5, 5.41) is 11.4. The number of benzene rings is 1. The highest BCUT2D eigenvalue weighted by Gasteiger charge is 2.41. The van der Waals surface area contributed by atoms with E-state index in [0.717, 1.165) is 10.5 Å². The van der Waals surface area contributed by atoms with Crippen LogP contribution in [0.25, 0.3) is 0 Å². The molecule has 2 aromatic rings. The van der Waals surface area contributed by atoms with Gasteiger partial charge in [-0.25, -0.2) is 0 Å². The van der Waals surface area contributed by atoms with E-state index in [-0.39, 0.29) is 18.4 Å². The first-order chi connectivity index (χ1) is 11.1. The number of hydrogen-bond acceptors (Lipinski definition) is 4. The number of thioether (sulfide) groups is 1. The summed E-state index contributed by atoms with van der Waals surface area (Å²) in [6, 6.07) is 11.5. The molecule has 23 heavy (non-hydrogen) atoms. The number of hydrogen-bond donors (Lipinski definition) is 1. The van der Waals surface area contributed by atoms with Crippen LogP contribution in [0.5, 0.6) is 0 Å². The minimum Gasteiger partial charge on any atom is -0.481 e. The Hall–Kier alpha value is -1.79. The Bertz CT molecular complexity index is 714. The second-order valence-corrected chi connectivity index (χ2v) is 7.25. The molecule has 0 spiro atoms. The minimum atomic E-state index is -0.842. The smallest absolute Gasteiger partial charge is 0.308 e. The van der Waals surface area contributed by atoms with E-state index in [1.165, 1.54) is 11.3 Å². The van der Waals surface area contributed by atoms with Gasteiger partial charge in [0.1, 0.15) is 4.88 Å². The van der Waals surface area contributed by atoms with E-state index in [1.54, 1.807) is 16.7 Å². The molecule has 1 N–H and O–H groups in total. The molecule has 1 aromatic heterocycles. The average Bonchev–Trinajstić information content (AvgIpc) is 3.22. The molecule has 1 fully saturated rings. The lowest BCUT2D eigenvalue weighted by Gasteiger charge is -2.16. The van der Waals surface area contributed by atoms with Crippen molar-refractivity contribution in [3.8, 4) is 0 Å². The predicted octanol–water partition coefficient (Wildman–Crippen LogP) is 3.41. The van der Waals surface area contributed by atoms with Crippen LogP contribution < -0.4 is 0 Å². The van der Waals surface area contributed by atoms with Crippen LogP contribution in [0.3, 0.4) is 0 Å². The fourth-order valence-corrected chi connectivity index (χ4v) is 4.73. The molecular weight excluding hydrogens is 330 g/mol. The Kier molecular flexibility index (Phi) is 4.73. The summed E-state index contributed by atoms with van der Waals surface area (Å²) >= 11 is 2.96. The van der Waals surface area contributed by atoms with Crippen LogP contribution in [0.4, 0.5) is 0 Å². The Morgan fingerprint density at radius 2 is 1.96 bits per heavy atom. The number of carboxylic acids is 1. The van der Waals surface area contributed by atoms with Gasteiger partial charge in [-0.3, -0.25) is 9.59 Å². The van der Waals surface area contributed by atoms with Gasteiger partial charge in [0, 0.05) is 23.9 Å².